The van der Waals surface area contributed by atoms with E-state index in [-0.39, 0.29) is 0 Å². The Morgan fingerprint density at radius 1 is 1.10 bits per heavy atom. The van der Waals surface area contributed by atoms with Gasteiger partial charge in [-0.25, -0.2) is 0 Å². The van der Waals surface area contributed by atoms with Gasteiger partial charge in [0.15, 0.2) is 0 Å². The quantitative estimate of drug-likeness (QED) is 0.803. The smallest absolute Gasteiger partial charge is 0.306 e. The van der Waals surface area contributed by atoms with Crippen LogP contribution in [0.15, 0.2) is 47.0 Å². The van der Waals surface area contributed by atoms with Crippen molar-refractivity contribution in [2.75, 3.05) is 0 Å². The van der Waals surface area contributed by atoms with Crippen molar-refractivity contribution < 1.29 is 9.76 Å². The fourth-order valence-electron chi connectivity index (χ4n) is 3.15. The molecule has 2 atom stereocenters. The summed E-state index contributed by atoms with van der Waals surface area (Å²) in [6, 6.07) is 0. The molecule has 0 amide bonds. The summed E-state index contributed by atoms with van der Waals surface area (Å²) < 4.78 is 6.09. The van der Waals surface area contributed by atoms with Gasteiger partial charge in [-0.3, -0.25) is 0 Å². The second-order valence-electron chi connectivity index (χ2n) is 7.45. The molecule has 0 aromatic rings. The summed E-state index contributed by atoms with van der Waals surface area (Å²) >= 11 is 0. The van der Waals surface area contributed by atoms with E-state index in [1.54, 1.807) is 19.4 Å². The zero-order valence-corrected chi connectivity index (χ0v) is 13.5. The number of rotatable bonds is 4. The molecule has 0 aliphatic heterocycles. The summed E-state index contributed by atoms with van der Waals surface area (Å²) in [5, 5.41) is 10.2. The third-order valence-corrected chi connectivity index (χ3v) is 5.47. The molecule has 1 N–H and O–H groups in total. The molecule has 0 heterocycles. The average Bonchev–Trinajstić information content (AvgIpc) is 2.36. The highest BCUT2D eigenvalue weighted by atomic mass is 16.5. The number of fused-ring (bicyclic) bond motifs is 2. The topological polar surface area (TPSA) is 29.5 Å². The van der Waals surface area contributed by atoms with Crippen molar-refractivity contribution in [1.82, 2.24) is 0 Å². The predicted octanol–water partition coefficient (Wildman–Crippen LogP) is 3.25. The van der Waals surface area contributed by atoms with Gasteiger partial charge in [0, 0.05) is 11.8 Å². The zero-order valence-electron chi connectivity index (χ0n) is 13.5. The summed E-state index contributed by atoms with van der Waals surface area (Å²) in [7, 11) is 0.590. The van der Waals surface area contributed by atoms with E-state index in [2.05, 4.69) is 30.4 Å². The van der Waals surface area contributed by atoms with Gasteiger partial charge in [-0.05, 0) is 46.1 Å². The Hall–Kier alpha value is -1.06. The second-order valence-corrected chi connectivity index (χ2v) is 7.45. The number of hydrogen-bond acceptors (Lipinski definition) is 2. The highest BCUT2D eigenvalue weighted by molar-refractivity contribution is 6.38. The number of aliphatic hydroxyl groups is 1. The lowest BCUT2D eigenvalue weighted by atomic mass is 9.60. The van der Waals surface area contributed by atoms with Crippen LogP contribution >= 0.6 is 0 Å². The molecule has 2 nitrogen and oxygen atoms in total. The van der Waals surface area contributed by atoms with Crippen molar-refractivity contribution in [1.29, 1.82) is 0 Å². The first-order valence-electron chi connectivity index (χ1n) is 7.93. The van der Waals surface area contributed by atoms with Crippen molar-refractivity contribution in [2.45, 2.75) is 51.7 Å². The molecule has 0 saturated heterocycles. The van der Waals surface area contributed by atoms with Crippen LogP contribution in [0.25, 0.3) is 0 Å². The van der Waals surface area contributed by atoms with Gasteiger partial charge in [0.05, 0.1) is 11.2 Å². The first kappa shape index (κ1) is 14.9. The molecule has 0 bridgehead atoms. The molecule has 0 radical (unpaired) electrons. The third-order valence-electron chi connectivity index (χ3n) is 5.47. The molecule has 0 spiro atoms. The Bertz CT molecular complexity index is 558. The maximum atomic E-state index is 10.2. The molecule has 112 valence electrons. The summed E-state index contributed by atoms with van der Waals surface area (Å²) in [5.41, 5.74) is 3.05. The number of hydrogen-bond donors (Lipinski definition) is 1. The monoisotopic (exact) mass is 284 g/mol. The van der Waals surface area contributed by atoms with Crippen LogP contribution < -0.4 is 0 Å². The molecule has 3 rings (SSSR count). The number of allylic oxidation sites excluding steroid dienone is 8. The van der Waals surface area contributed by atoms with Gasteiger partial charge in [0.25, 0.3) is 0 Å². The van der Waals surface area contributed by atoms with E-state index in [1.165, 1.54) is 23.9 Å². The third kappa shape index (κ3) is 2.58. The minimum atomic E-state index is -0.856. The molecule has 3 heteroatoms. The predicted molar refractivity (Wildman–Crippen MR) is 88.2 cm³/mol. The van der Waals surface area contributed by atoms with Crippen molar-refractivity contribution >= 4 is 7.48 Å². The van der Waals surface area contributed by atoms with E-state index in [4.69, 9.17) is 4.65 Å². The van der Waals surface area contributed by atoms with Crippen molar-refractivity contribution in [3.63, 3.8) is 0 Å². The standard InChI is InChI=1S/C18H25BO2/c1-17(2,20)18(3,4)21-19-16-11-12-9-10-13(12)14-7-5-6-8-15(14)16/h5-8,11,14-15,19-20H,9-10H2,1-4H3. The lowest BCUT2D eigenvalue weighted by molar-refractivity contribution is -0.0898. The molecule has 2 unspecified atom stereocenters. The van der Waals surface area contributed by atoms with Crippen molar-refractivity contribution in [3.05, 3.63) is 47.0 Å². The van der Waals surface area contributed by atoms with E-state index in [9.17, 15) is 5.11 Å². The minimum absolute atomic E-state index is 0.437. The van der Waals surface area contributed by atoms with Crippen LogP contribution in [0.3, 0.4) is 0 Å². The molecule has 0 aromatic heterocycles. The largest absolute Gasteiger partial charge is 0.427 e. The molecule has 3 aliphatic rings. The first-order valence-corrected chi connectivity index (χ1v) is 7.93. The van der Waals surface area contributed by atoms with Gasteiger partial charge < -0.3 is 9.76 Å². The Labute approximate surface area is 128 Å². The Balaban J connectivity index is 1.78. The van der Waals surface area contributed by atoms with E-state index in [0.29, 0.717) is 19.3 Å². The molecule has 0 aromatic carbocycles. The average molecular weight is 284 g/mol. The zero-order chi connectivity index (χ0) is 15.3. The fraction of sp³-hybridized carbons (Fsp3) is 0.556. The summed E-state index contributed by atoms with van der Waals surface area (Å²) in [6.07, 6.45) is 13.7. The maximum Gasteiger partial charge on any atom is 0.306 e. The van der Waals surface area contributed by atoms with Gasteiger partial charge in [-0.15, -0.1) is 0 Å². The highest BCUT2D eigenvalue weighted by Crippen LogP contribution is 2.46. The van der Waals surface area contributed by atoms with Gasteiger partial charge in [0.1, 0.15) is 0 Å². The van der Waals surface area contributed by atoms with Gasteiger partial charge in [0.2, 0.25) is 0 Å². The van der Waals surface area contributed by atoms with Crippen LogP contribution in [0.4, 0.5) is 0 Å². The Kier molecular flexibility index (Phi) is 3.54. The summed E-state index contributed by atoms with van der Waals surface area (Å²) in [6.45, 7) is 7.53. The maximum absolute atomic E-state index is 10.2. The van der Waals surface area contributed by atoms with Crippen LogP contribution in [0.5, 0.6) is 0 Å². The van der Waals surface area contributed by atoms with Crippen molar-refractivity contribution in [3.8, 4) is 0 Å². The van der Waals surface area contributed by atoms with Crippen LogP contribution in [-0.2, 0) is 4.65 Å². The fourth-order valence-corrected chi connectivity index (χ4v) is 3.15. The Morgan fingerprint density at radius 3 is 2.33 bits per heavy atom. The van der Waals surface area contributed by atoms with E-state index >= 15 is 0 Å². The Morgan fingerprint density at radius 2 is 1.76 bits per heavy atom. The second kappa shape index (κ2) is 5.00. The minimum Gasteiger partial charge on any atom is -0.427 e. The van der Waals surface area contributed by atoms with Crippen LogP contribution in [0.1, 0.15) is 40.5 Å². The first-order chi connectivity index (χ1) is 9.79. The van der Waals surface area contributed by atoms with Crippen molar-refractivity contribution in [2.24, 2.45) is 11.8 Å². The van der Waals surface area contributed by atoms with Gasteiger partial charge >= 0.3 is 7.48 Å². The van der Waals surface area contributed by atoms with E-state index in [1.807, 2.05) is 13.8 Å². The van der Waals surface area contributed by atoms with Gasteiger partial charge in [-0.1, -0.05) is 41.4 Å². The molecule has 21 heavy (non-hydrogen) atoms. The van der Waals surface area contributed by atoms with Gasteiger partial charge in [-0.2, -0.15) is 0 Å². The highest BCUT2D eigenvalue weighted by Gasteiger charge is 2.39. The lowest BCUT2D eigenvalue weighted by Crippen LogP contribution is -2.48. The normalized spacial score (nSPS) is 27.8. The van der Waals surface area contributed by atoms with E-state index < -0.39 is 11.2 Å². The van der Waals surface area contributed by atoms with Crippen LogP contribution in [0.2, 0.25) is 0 Å². The molecule has 0 saturated carbocycles. The molecular weight excluding hydrogens is 259 g/mol. The molecular formula is C18H25BO2. The summed E-state index contributed by atoms with van der Waals surface area (Å²) in [5.74, 6) is 0.972. The molecule has 0 fully saturated rings. The van der Waals surface area contributed by atoms with Crippen LogP contribution in [-0.4, -0.2) is 23.8 Å². The SMILES string of the molecule is CC(C)(O)C(C)(C)OBC1=CC2=C(CC2)C2C=CC=CC12. The molecule has 3 aliphatic carbocycles. The van der Waals surface area contributed by atoms with E-state index in [0.717, 1.165) is 0 Å². The van der Waals surface area contributed by atoms with Crippen LogP contribution in [0, 0.1) is 11.8 Å². The lowest BCUT2D eigenvalue weighted by Gasteiger charge is -2.41. The summed E-state index contributed by atoms with van der Waals surface area (Å²) in [4.78, 5) is 0.